The molecule has 0 bridgehead atoms. The first kappa shape index (κ1) is 21.1. The lowest BCUT2D eigenvalue weighted by Gasteiger charge is -2.58. The standard InChI is InChI=1S/C24H26FN3O4/c1-32-19-8-6-16(7-9-19)11-27-22(30)21-10-18(29)13-28(21)24(23(27)31)14-26(15-24)12-17-4-2-3-5-20(17)25/h2-9,18,21,29H,10-15H2,1H3/t18-,21+/m1/s1. The fraction of sp³-hybridized carbons (Fsp3) is 0.417. The number of carbonyl (C=O) groups is 2. The number of hydrogen-bond donors (Lipinski definition) is 1. The topological polar surface area (TPSA) is 73.3 Å². The van der Waals surface area contributed by atoms with E-state index >= 15 is 0 Å². The minimum atomic E-state index is -0.867. The minimum absolute atomic E-state index is 0.178. The Morgan fingerprint density at radius 1 is 1.09 bits per heavy atom. The van der Waals surface area contributed by atoms with Crippen molar-refractivity contribution in [1.29, 1.82) is 0 Å². The van der Waals surface area contributed by atoms with E-state index in [1.165, 1.54) is 11.0 Å². The molecule has 2 aromatic rings. The van der Waals surface area contributed by atoms with E-state index in [0.29, 0.717) is 43.9 Å². The van der Waals surface area contributed by atoms with Crippen molar-refractivity contribution in [3.63, 3.8) is 0 Å². The molecule has 1 N–H and O–H groups in total. The van der Waals surface area contributed by atoms with Gasteiger partial charge in [0.15, 0.2) is 0 Å². The average Bonchev–Trinajstić information content (AvgIpc) is 3.16. The average molecular weight is 439 g/mol. The van der Waals surface area contributed by atoms with Gasteiger partial charge in [-0.15, -0.1) is 0 Å². The number of rotatable bonds is 5. The second-order valence-electron chi connectivity index (χ2n) is 8.90. The van der Waals surface area contributed by atoms with Gasteiger partial charge in [0, 0.05) is 31.7 Å². The van der Waals surface area contributed by atoms with Crippen molar-refractivity contribution in [2.24, 2.45) is 0 Å². The van der Waals surface area contributed by atoms with Gasteiger partial charge in [-0.3, -0.25) is 24.3 Å². The summed E-state index contributed by atoms with van der Waals surface area (Å²) in [5, 5.41) is 10.3. The molecule has 3 saturated heterocycles. The zero-order valence-corrected chi connectivity index (χ0v) is 17.9. The molecule has 0 radical (unpaired) electrons. The Bertz CT molecular complexity index is 1040. The van der Waals surface area contributed by atoms with Gasteiger partial charge in [0.25, 0.3) is 5.91 Å². The van der Waals surface area contributed by atoms with Crippen molar-refractivity contribution in [3.05, 3.63) is 65.5 Å². The quantitative estimate of drug-likeness (QED) is 0.710. The number of fused-ring (bicyclic) bond motifs is 2. The third-order valence-electron chi connectivity index (χ3n) is 6.85. The molecule has 0 unspecified atom stereocenters. The molecule has 5 rings (SSSR count). The van der Waals surface area contributed by atoms with Gasteiger partial charge in [-0.2, -0.15) is 0 Å². The Morgan fingerprint density at radius 3 is 2.50 bits per heavy atom. The van der Waals surface area contributed by atoms with Gasteiger partial charge in [0.2, 0.25) is 5.91 Å². The number of halogens is 1. The third-order valence-corrected chi connectivity index (χ3v) is 6.85. The molecular formula is C24H26FN3O4. The molecule has 7 nitrogen and oxygen atoms in total. The number of imide groups is 1. The van der Waals surface area contributed by atoms with Crippen LogP contribution in [-0.2, 0) is 22.7 Å². The number of β-amino-alcohol motifs (C(OH)–C–C–N with tert-alkyl or cyclic N) is 1. The molecule has 2 aromatic carbocycles. The van der Waals surface area contributed by atoms with Gasteiger partial charge < -0.3 is 9.84 Å². The van der Waals surface area contributed by atoms with Crippen LogP contribution in [0.15, 0.2) is 48.5 Å². The van der Waals surface area contributed by atoms with Crippen LogP contribution in [-0.4, -0.2) is 76.0 Å². The van der Waals surface area contributed by atoms with E-state index in [2.05, 4.69) is 0 Å². The summed E-state index contributed by atoms with van der Waals surface area (Å²) in [7, 11) is 1.58. The molecule has 32 heavy (non-hydrogen) atoms. The predicted molar refractivity (Wildman–Crippen MR) is 114 cm³/mol. The van der Waals surface area contributed by atoms with E-state index in [0.717, 1.165) is 5.56 Å². The molecule has 0 saturated carbocycles. The highest BCUT2D eigenvalue weighted by Gasteiger charge is 2.64. The Morgan fingerprint density at radius 2 is 1.81 bits per heavy atom. The highest BCUT2D eigenvalue weighted by Crippen LogP contribution is 2.41. The first-order chi connectivity index (χ1) is 15.4. The lowest BCUT2D eigenvalue weighted by molar-refractivity contribution is -0.181. The maximum Gasteiger partial charge on any atom is 0.252 e. The summed E-state index contributed by atoms with van der Waals surface area (Å²) in [6.07, 6.45) is -0.324. The Balaban J connectivity index is 1.38. The summed E-state index contributed by atoms with van der Waals surface area (Å²) in [5.74, 6) is -0.0717. The van der Waals surface area contributed by atoms with Crippen molar-refractivity contribution < 1.29 is 23.8 Å². The number of carbonyl (C=O) groups excluding carboxylic acids is 2. The van der Waals surface area contributed by atoms with Crippen LogP contribution in [0.1, 0.15) is 17.5 Å². The SMILES string of the molecule is COc1ccc(CN2C(=O)[C@@H]3C[C@@H](O)CN3C3(CN(Cc4ccccc4F)C3)C2=O)cc1. The molecule has 3 heterocycles. The number of nitrogens with zero attached hydrogens (tertiary/aromatic N) is 3. The molecule has 0 aliphatic carbocycles. The molecule has 3 aliphatic rings. The van der Waals surface area contributed by atoms with E-state index in [-0.39, 0.29) is 24.2 Å². The Kier molecular flexibility index (Phi) is 5.23. The number of aliphatic hydroxyl groups is 1. The van der Waals surface area contributed by atoms with Crippen LogP contribution in [0.4, 0.5) is 4.39 Å². The lowest BCUT2D eigenvalue weighted by atomic mass is 9.82. The van der Waals surface area contributed by atoms with Crippen molar-refractivity contribution in [3.8, 4) is 5.75 Å². The van der Waals surface area contributed by atoms with E-state index in [4.69, 9.17) is 4.74 Å². The summed E-state index contributed by atoms with van der Waals surface area (Å²) in [6, 6.07) is 13.4. The fourth-order valence-corrected chi connectivity index (χ4v) is 5.23. The number of methoxy groups -OCH3 is 1. The summed E-state index contributed by atoms with van der Waals surface area (Å²) >= 11 is 0. The van der Waals surface area contributed by atoms with Gasteiger partial charge in [-0.1, -0.05) is 30.3 Å². The van der Waals surface area contributed by atoms with Gasteiger partial charge >= 0.3 is 0 Å². The maximum atomic E-state index is 14.1. The first-order valence-corrected chi connectivity index (χ1v) is 10.8. The number of amides is 2. The Labute approximate surface area is 186 Å². The molecule has 1 spiro atoms. The van der Waals surface area contributed by atoms with Crippen molar-refractivity contribution in [2.45, 2.75) is 37.2 Å². The monoisotopic (exact) mass is 439 g/mol. The van der Waals surface area contributed by atoms with Gasteiger partial charge in [0.05, 0.1) is 25.8 Å². The second-order valence-corrected chi connectivity index (χ2v) is 8.90. The molecule has 2 amide bonds. The zero-order valence-electron chi connectivity index (χ0n) is 17.9. The van der Waals surface area contributed by atoms with E-state index in [1.807, 2.05) is 21.9 Å². The van der Waals surface area contributed by atoms with E-state index in [1.54, 1.807) is 37.4 Å². The molecule has 0 aromatic heterocycles. The maximum absolute atomic E-state index is 14.1. The second kappa shape index (κ2) is 7.95. The number of piperazine rings is 1. The molecule has 168 valence electrons. The number of likely N-dealkylation sites (tertiary alicyclic amines) is 1. The lowest BCUT2D eigenvalue weighted by Crippen LogP contribution is -2.81. The molecule has 8 heteroatoms. The van der Waals surface area contributed by atoms with Crippen molar-refractivity contribution in [2.75, 3.05) is 26.7 Å². The van der Waals surface area contributed by atoms with Crippen LogP contribution in [0.3, 0.4) is 0 Å². The molecule has 3 fully saturated rings. The largest absolute Gasteiger partial charge is 0.497 e. The summed E-state index contributed by atoms with van der Waals surface area (Å²) in [6.45, 7) is 1.67. The van der Waals surface area contributed by atoms with Gasteiger partial charge in [0.1, 0.15) is 17.1 Å². The van der Waals surface area contributed by atoms with Crippen molar-refractivity contribution in [1.82, 2.24) is 14.7 Å². The van der Waals surface area contributed by atoms with Crippen LogP contribution in [0.5, 0.6) is 5.75 Å². The fourth-order valence-electron chi connectivity index (χ4n) is 5.23. The summed E-state index contributed by atoms with van der Waals surface area (Å²) in [5.41, 5.74) is 0.542. The molecule has 3 aliphatic heterocycles. The summed E-state index contributed by atoms with van der Waals surface area (Å²) in [4.78, 5) is 32.1. The van der Waals surface area contributed by atoms with Crippen LogP contribution < -0.4 is 4.74 Å². The number of ether oxygens (including phenoxy) is 1. The zero-order chi connectivity index (χ0) is 22.5. The van der Waals surface area contributed by atoms with Crippen LogP contribution in [0.25, 0.3) is 0 Å². The minimum Gasteiger partial charge on any atom is -0.497 e. The van der Waals surface area contributed by atoms with Crippen LogP contribution >= 0.6 is 0 Å². The van der Waals surface area contributed by atoms with Crippen LogP contribution in [0, 0.1) is 5.82 Å². The number of hydrogen-bond acceptors (Lipinski definition) is 6. The number of aliphatic hydroxyl groups excluding tert-OH is 1. The highest BCUT2D eigenvalue weighted by molar-refractivity contribution is 6.06. The molecule has 2 atom stereocenters. The molecular weight excluding hydrogens is 413 g/mol. The van der Waals surface area contributed by atoms with Gasteiger partial charge in [-0.25, -0.2) is 4.39 Å². The predicted octanol–water partition coefficient (Wildman–Crippen LogP) is 1.39. The Hall–Kier alpha value is -2.81. The van der Waals surface area contributed by atoms with E-state index < -0.39 is 17.7 Å². The van der Waals surface area contributed by atoms with Crippen LogP contribution in [0.2, 0.25) is 0 Å². The van der Waals surface area contributed by atoms with E-state index in [9.17, 15) is 19.1 Å². The first-order valence-electron chi connectivity index (χ1n) is 10.8. The van der Waals surface area contributed by atoms with Crippen molar-refractivity contribution >= 4 is 11.8 Å². The van der Waals surface area contributed by atoms with Gasteiger partial charge in [-0.05, 0) is 30.2 Å². The normalized spacial score (nSPS) is 25.2. The third kappa shape index (κ3) is 3.39. The highest BCUT2D eigenvalue weighted by atomic mass is 19.1. The smallest absolute Gasteiger partial charge is 0.252 e. The summed E-state index contributed by atoms with van der Waals surface area (Å²) < 4.78 is 19.3. The number of benzene rings is 2.